The van der Waals surface area contributed by atoms with Gasteiger partial charge in [-0.15, -0.1) is 0 Å². The van der Waals surface area contributed by atoms with Crippen LogP contribution in [0.3, 0.4) is 0 Å². The first-order chi connectivity index (χ1) is 8.54. The summed E-state index contributed by atoms with van der Waals surface area (Å²) in [5.41, 5.74) is 8.67. The van der Waals surface area contributed by atoms with Crippen molar-refractivity contribution in [3.05, 3.63) is 35.7 Å². The summed E-state index contributed by atoms with van der Waals surface area (Å²) in [5.74, 6) is 1.64. The quantitative estimate of drug-likeness (QED) is 0.898. The van der Waals surface area contributed by atoms with Crippen LogP contribution >= 0.6 is 0 Å². The van der Waals surface area contributed by atoms with Crippen LogP contribution in [0.4, 0.5) is 5.82 Å². The standard InChI is InChI=1S/C14H18N4/c1-9(2)6-11-7-13(15)18-14(17-11)12-5-4-10(3)8-16-12/h4-5,7-9H,6H2,1-3H3,(H2,15,17,18). The zero-order chi connectivity index (χ0) is 13.1. The molecule has 4 heteroatoms. The molecule has 2 heterocycles. The molecule has 18 heavy (non-hydrogen) atoms. The van der Waals surface area contributed by atoms with Gasteiger partial charge in [-0.25, -0.2) is 9.97 Å². The molecule has 0 bridgehead atoms. The molecule has 0 atom stereocenters. The fraction of sp³-hybridized carbons (Fsp3) is 0.357. The van der Waals surface area contributed by atoms with Gasteiger partial charge < -0.3 is 5.73 Å². The Morgan fingerprint density at radius 1 is 1.22 bits per heavy atom. The number of aryl methyl sites for hydroxylation is 1. The number of nitrogen functional groups attached to an aromatic ring is 1. The Morgan fingerprint density at radius 2 is 2.00 bits per heavy atom. The van der Waals surface area contributed by atoms with Gasteiger partial charge >= 0.3 is 0 Å². The molecular formula is C14H18N4. The highest BCUT2D eigenvalue weighted by Crippen LogP contribution is 2.16. The summed E-state index contributed by atoms with van der Waals surface area (Å²) < 4.78 is 0. The molecule has 0 fully saturated rings. The molecule has 0 spiro atoms. The lowest BCUT2D eigenvalue weighted by Crippen LogP contribution is -2.04. The second kappa shape index (κ2) is 5.12. The summed E-state index contributed by atoms with van der Waals surface area (Å²) >= 11 is 0. The minimum atomic E-state index is 0.498. The maximum absolute atomic E-state index is 5.82. The number of rotatable bonds is 3. The third-order valence-corrected chi connectivity index (χ3v) is 2.56. The molecule has 2 aromatic heterocycles. The Hall–Kier alpha value is -1.97. The summed E-state index contributed by atoms with van der Waals surface area (Å²) in [6.45, 7) is 6.31. The van der Waals surface area contributed by atoms with Crippen molar-refractivity contribution in [2.45, 2.75) is 27.2 Å². The molecule has 2 aromatic rings. The topological polar surface area (TPSA) is 64.7 Å². The van der Waals surface area contributed by atoms with Crippen molar-refractivity contribution >= 4 is 5.82 Å². The average Bonchev–Trinajstić information content (AvgIpc) is 2.28. The molecule has 0 aliphatic carbocycles. The van der Waals surface area contributed by atoms with E-state index in [2.05, 4.69) is 28.8 Å². The van der Waals surface area contributed by atoms with Crippen LogP contribution in [0, 0.1) is 12.8 Å². The minimum absolute atomic E-state index is 0.498. The highest BCUT2D eigenvalue weighted by Gasteiger charge is 2.07. The van der Waals surface area contributed by atoms with Crippen molar-refractivity contribution in [3.63, 3.8) is 0 Å². The summed E-state index contributed by atoms with van der Waals surface area (Å²) in [5, 5.41) is 0. The summed E-state index contributed by atoms with van der Waals surface area (Å²) in [4.78, 5) is 13.1. The number of anilines is 1. The Kier molecular flexibility index (Phi) is 3.55. The maximum Gasteiger partial charge on any atom is 0.180 e. The summed E-state index contributed by atoms with van der Waals surface area (Å²) in [7, 11) is 0. The molecule has 0 saturated carbocycles. The molecule has 0 saturated heterocycles. The first-order valence-electron chi connectivity index (χ1n) is 6.11. The Balaban J connectivity index is 2.38. The van der Waals surface area contributed by atoms with E-state index in [1.165, 1.54) is 0 Å². The van der Waals surface area contributed by atoms with Crippen LogP contribution < -0.4 is 5.73 Å². The molecule has 0 aromatic carbocycles. The number of pyridine rings is 1. The fourth-order valence-electron chi connectivity index (χ4n) is 1.76. The lowest BCUT2D eigenvalue weighted by molar-refractivity contribution is 0.635. The largest absolute Gasteiger partial charge is 0.384 e. The maximum atomic E-state index is 5.82. The van der Waals surface area contributed by atoms with E-state index >= 15 is 0 Å². The minimum Gasteiger partial charge on any atom is -0.384 e. The van der Waals surface area contributed by atoms with E-state index in [0.29, 0.717) is 17.6 Å². The molecule has 0 aliphatic heterocycles. The van der Waals surface area contributed by atoms with Crippen molar-refractivity contribution in [1.29, 1.82) is 0 Å². The molecule has 2 N–H and O–H groups in total. The molecule has 4 nitrogen and oxygen atoms in total. The number of nitrogens with two attached hydrogens (primary N) is 1. The molecule has 0 aliphatic rings. The van der Waals surface area contributed by atoms with Gasteiger partial charge in [0, 0.05) is 18.0 Å². The third-order valence-electron chi connectivity index (χ3n) is 2.56. The first-order valence-corrected chi connectivity index (χ1v) is 6.11. The van der Waals surface area contributed by atoms with Crippen LogP contribution in [0.15, 0.2) is 24.4 Å². The zero-order valence-electron chi connectivity index (χ0n) is 11.0. The van der Waals surface area contributed by atoms with Gasteiger partial charge in [-0.05, 0) is 30.9 Å². The van der Waals surface area contributed by atoms with Crippen molar-refractivity contribution in [2.75, 3.05) is 5.73 Å². The van der Waals surface area contributed by atoms with E-state index in [1.807, 2.05) is 31.3 Å². The van der Waals surface area contributed by atoms with E-state index in [0.717, 1.165) is 23.4 Å². The lowest BCUT2D eigenvalue weighted by atomic mass is 10.1. The Morgan fingerprint density at radius 3 is 2.61 bits per heavy atom. The molecular weight excluding hydrogens is 224 g/mol. The molecule has 2 rings (SSSR count). The molecule has 94 valence electrons. The van der Waals surface area contributed by atoms with Crippen LogP contribution in [-0.4, -0.2) is 15.0 Å². The van der Waals surface area contributed by atoms with Crippen LogP contribution in [0.2, 0.25) is 0 Å². The van der Waals surface area contributed by atoms with Crippen LogP contribution in [0.1, 0.15) is 25.1 Å². The van der Waals surface area contributed by atoms with Crippen molar-refractivity contribution in [2.24, 2.45) is 5.92 Å². The SMILES string of the molecule is Cc1ccc(-c2nc(N)cc(CC(C)C)n2)nc1. The van der Waals surface area contributed by atoms with Crippen molar-refractivity contribution < 1.29 is 0 Å². The monoisotopic (exact) mass is 242 g/mol. The van der Waals surface area contributed by atoms with Gasteiger partial charge in [-0.3, -0.25) is 4.98 Å². The average molecular weight is 242 g/mol. The molecule has 0 radical (unpaired) electrons. The number of hydrogen-bond donors (Lipinski definition) is 1. The van der Waals surface area contributed by atoms with Crippen molar-refractivity contribution in [3.8, 4) is 11.5 Å². The fourth-order valence-corrected chi connectivity index (χ4v) is 1.76. The summed E-state index contributed by atoms with van der Waals surface area (Å²) in [6.07, 6.45) is 2.70. The van der Waals surface area contributed by atoms with Gasteiger partial charge in [-0.2, -0.15) is 0 Å². The van der Waals surface area contributed by atoms with E-state index in [9.17, 15) is 0 Å². The van der Waals surface area contributed by atoms with Crippen LogP contribution in [0.25, 0.3) is 11.5 Å². The lowest BCUT2D eigenvalue weighted by Gasteiger charge is -2.07. The highest BCUT2D eigenvalue weighted by molar-refractivity contribution is 5.52. The van der Waals surface area contributed by atoms with Crippen LogP contribution in [-0.2, 0) is 6.42 Å². The predicted molar refractivity (Wildman–Crippen MR) is 73.0 cm³/mol. The molecule has 0 unspecified atom stereocenters. The van der Waals surface area contributed by atoms with Gasteiger partial charge in [0.25, 0.3) is 0 Å². The second-order valence-electron chi connectivity index (χ2n) is 4.93. The van der Waals surface area contributed by atoms with E-state index in [1.54, 1.807) is 0 Å². The van der Waals surface area contributed by atoms with E-state index < -0.39 is 0 Å². The van der Waals surface area contributed by atoms with Crippen molar-refractivity contribution in [1.82, 2.24) is 15.0 Å². The third kappa shape index (κ3) is 3.03. The van der Waals surface area contributed by atoms with Gasteiger partial charge in [-0.1, -0.05) is 19.9 Å². The normalized spacial score (nSPS) is 10.9. The smallest absolute Gasteiger partial charge is 0.180 e. The van der Waals surface area contributed by atoms with Gasteiger partial charge in [0.15, 0.2) is 5.82 Å². The second-order valence-corrected chi connectivity index (χ2v) is 4.93. The number of hydrogen-bond acceptors (Lipinski definition) is 4. The highest BCUT2D eigenvalue weighted by atomic mass is 15.0. The Labute approximate surface area is 107 Å². The predicted octanol–water partition coefficient (Wildman–Crippen LogP) is 2.63. The Bertz CT molecular complexity index is 532. The van der Waals surface area contributed by atoms with Gasteiger partial charge in [0.05, 0.1) is 0 Å². The number of aromatic nitrogens is 3. The van der Waals surface area contributed by atoms with Gasteiger partial charge in [0.2, 0.25) is 0 Å². The van der Waals surface area contributed by atoms with Gasteiger partial charge in [0.1, 0.15) is 11.5 Å². The van der Waals surface area contributed by atoms with E-state index in [4.69, 9.17) is 5.73 Å². The summed E-state index contributed by atoms with van der Waals surface area (Å²) in [6, 6.07) is 5.75. The molecule has 0 amide bonds. The van der Waals surface area contributed by atoms with E-state index in [-0.39, 0.29) is 0 Å². The zero-order valence-corrected chi connectivity index (χ0v) is 11.0. The van der Waals surface area contributed by atoms with Crippen LogP contribution in [0.5, 0.6) is 0 Å². The number of nitrogens with zero attached hydrogens (tertiary/aromatic N) is 3. The first kappa shape index (κ1) is 12.5.